The molecule has 2 aromatic rings. The van der Waals surface area contributed by atoms with Crippen molar-refractivity contribution in [1.29, 1.82) is 0 Å². The highest BCUT2D eigenvalue weighted by Crippen LogP contribution is 2.17. The summed E-state index contributed by atoms with van der Waals surface area (Å²) in [6.07, 6.45) is 9.16. The maximum atomic E-state index is 11.8. The second kappa shape index (κ2) is 5.30. The minimum atomic E-state index is 0.0342. The summed E-state index contributed by atoms with van der Waals surface area (Å²) in [5.41, 5.74) is 2.44. The molecule has 100 valence electrons. The van der Waals surface area contributed by atoms with Gasteiger partial charge in [0.1, 0.15) is 6.54 Å². The fraction of sp³-hybridized carbons (Fsp3) is 0.429. The van der Waals surface area contributed by atoms with Crippen molar-refractivity contribution in [3.05, 3.63) is 42.0 Å². The Kier molecular flexibility index (Phi) is 3.35. The fourth-order valence-corrected chi connectivity index (χ4v) is 2.52. The minimum Gasteiger partial charge on any atom is -0.350 e. The lowest BCUT2D eigenvalue weighted by atomic mass is 10.1. The molecule has 0 fully saturated rings. The normalized spacial score (nSPS) is 14.1. The van der Waals surface area contributed by atoms with Crippen LogP contribution in [-0.2, 0) is 30.8 Å². The molecule has 0 aromatic carbocycles. The van der Waals surface area contributed by atoms with Crippen molar-refractivity contribution >= 4 is 5.91 Å². The molecule has 1 aliphatic heterocycles. The molecule has 0 aliphatic carbocycles. The molecule has 0 saturated heterocycles. The average molecular weight is 258 g/mol. The van der Waals surface area contributed by atoms with E-state index in [9.17, 15) is 4.79 Å². The van der Waals surface area contributed by atoms with E-state index in [1.165, 1.54) is 18.5 Å². The summed E-state index contributed by atoms with van der Waals surface area (Å²) in [6.45, 7) is 1.96. The van der Waals surface area contributed by atoms with Gasteiger partial charge in [0.15, 0.2) is 0 Å². The van der Waals surface area contributed by atoms with E-state index in [2.05, 4.69) is 15.1 Å². The van der Waals surface area contributed by atoms with Crippen molar-refractivity contribution in [2.75, 3.05) is 0 Å². The van der Waals surface area contributed by atoms with Crippen molar-refractivity contribution in [1.82, 2.24) is 19.7 Å². The number of rotatable bonds is 4. The van der Waals surface area contributed by atoms with E-state index in [1.807, 2.05) is 35.3 Å². The van der Waals surface area contributed by atoms with Crippen molar-refractivity contribution in [2.45, 2.75) is 38.9 Å². The summed E-state index contributed by atoms with van der Waals surface area (Å²) in [5, 5.41) is 7.33. The van der Waals surface area contributed by atoms with E-state index in [1.54, 1.807) is 0 Å². The first-order valence-corrected chi connectivity index (χ1v) is 6.74. The number of carbonyl (C=O) groups is 1. The average Bonchev–Trinajstić information content (AvgIpc) is 3.05. The Labute approximate surface area is 112 Å². The number of hydrogen-bond acceptors (Lipinski definition) is 2. The van der Waals surface area contributed by atoms with Crippen LogP contribution in [0.1, 0.15) is 24.1 Å². The van der Waals surface area contributed by atoms with Gasteiger partial charge in [0.2, 0.25) is 5.91 Å². The monoisotopic (exact) mass is 258 g/mol. The number of nitrogens with one attached hydrogen (secondary N) is 1. The van der Waals surface area contributed by atoms with Crippen LogP contribution in [0.15, 0.2) is 30.7 Å². The lowest BCUT2D eigenvalue weighted by Crippen LogP contribution is -2.27. The van der Waals surface area contributed by atoms with Crippen molar-refractivity contribution < 1.29 is 4.79 Å². The summed E-state index contributed by atoms with van der Waals surface area (Å²) < 4.78 is 3.93. The van der Waals surface area contributed by atoms with Gasteiger partial charge in [-0.1, -0.05) is 0 Å². The molecule has 1 N–H and O–H groups in total. The Balaban J connectivity index is 1.57. The quantitative estimate of drug-likeness (QED) is 0.899. The van der Waals surface area contributed by atoms with Crippen molar-refractivity contribution in [3.63, 3.8) is 0 Å². The highest BCUT2D eigenvalue weighted by molar-refractivity contribution is 5.75. The highest BCUT2D eigenvalue weighted by Gasteiger charge is 2.14. The number of aromatic nitrogens is 3. The van der Waals surface area contributed by atoms with Gasteiger partial charge in [-0.25, -0.2) is 0 Å². The third-order valence-electron chi connectivity index (χ3n) is 3.54. The topological polar surface area (TPSA) is 51.9 Å². The molecule has 0 saturated carbocycles. The Morgan fingerprint density at radius 2 is 2.16 bits per heavy atom. The lowest BCUT2D eigenvalue weighted by molar-refractivity contribution is -0.121. The van der Waals surface area contributed by atoms with E-state index in [-0.39, 0.29) is 5.91 Å². The van der Waals surface area contributed by atoms with Gasteiger partial charge < -0.3 is 9.88 Å². The fourth-order valence-electron chi connectivity index (χ4n) is 2.52. The van der Waals surface area contributed by atoms with E-state index < -0.39 is 0 Å². The standard InChI is InChI=1S/C14H18N4O/c19-14(11-17-6-3-4-7-17)15-9-12-10-16-18-8-2-1-5-13(12)18/h3-4,6-7,10H,1-2,5,8-9,11H2,(H,15,19). The van der Waals surface area contributed by atoms with Crippen LogP contribution in [0.4, 0.5) is 0 Å². The molecule has 0 spiro atoms. The molecule has 3 rings (SSSR count). The summed E-state index contributed by atoms with van der Waals surface area (Å²) in [5.74, 6) is 0.0342. The number of fused-ring (bicyclic) bond motifs is 1. The van der Waals surface area contributed by atoms with Gasteiger partial charge >= 0.3 is 0 Å². The van der Waals surface area contributed by atoms with Crippen LogP contribution in [-0.4, -0.2) is 20.3 Å². The SMILES string of the molecule is O=C(Cn1cccc1)NCc1cnn2c1CCCC2. The van der Waals surface area contributed by atoms with Crippen LogP contribution < -0.4 is 5.32 Å². The Bertz CT molecular complexity index is 556. The van der Waals surface area contributed by atoms with Gasteiger partial charge in [0.05, 0.1) is 6.20 Å². The van der Waals surface area contributed by atoms with E-state index in [0.717, 1.165) is 18.5 Å². The summed E-state index contributed by atoms with van der Waals surface area (Å²) in [7, 11) is 0. The molecule has 0 bridgehead atoms. The predicted molar refractivity (Wildman–Crippen MR) is 71.4 cm³/mol. The zero-order chi connectivity index (χ0) is 13.1. The summed E-state index contributed by atoms with van der Waals surface area (Å²) in [6, 6.07) is 3.84. The molecule has 1 amide bonds. The van der Waals surface area contributed by atoms with Gasteiger partial charge in [-0.2, -0.15) is 5.10 Å². The van der Waals surface area contributed by atoms with Crippen LogP contribution in [0.2, 0.25) is 0 Å². The second-order valence-corrected chi connectivity index (χ2v) is 4.93. The van der Waals surface area contributed by atoms with Crippen LogP contribution in [0.5, 0.6) is 0 Å². The van der Waals surface area contributed by atoms with Gasteiger partial charge in [-0.3, -0.25) is 9.48 Å². The zero-order valence-corrected chi connectivity index (χ0v) is 10.9. The van der Waals surface area contributed by atoms with Crippen LogP contribution in [0, 0.1) is 0 Å². The zero-order valence-electron chi connectivity index (χ0n) is 10.9. The molecule has 5 nitrogen and oxygen atoms in total. The molecular formula is C14H18N4O. The predicted octanol–water partition coefficient (Wildman–Crippen LogP) is 1.34. The van der Waals surface area contributed by atoms with Crippen molar-refractivity contribution in [3.8, 4) is 0 Å². The highest BCUT2D eigenvalue weighted by atomic mass is 16.1. The number of carbonyl (C=O) groups excluding carboxylic acids is 1. The molecule has 3 heterocycles. The first-order valence-electron chi connectivity index (χ1n) is 6.74. The number of nitrogens with zero attached hydrogens (tertiary/aromatic N) is 3. The van der Waals surface area contributed by atoms with Crippen LogP contribution in [0.3, 0.4) is 0 Å². The summed E-state index contributed by atoms with van der Waals surface area (Å²) >= 11 is 0. The molecule has 2 aromatic heterocycles. The molecule has 19 heavy (non-hydrogen) atoms. The molecule has 0 atom stereocenters. The molecule has 1 aliphatic rings. The van der Waals surface area contributed by atoms with Crippen LogP contribution >= 0.6 is 0 Å². The van der Waals surface area contributed by atoms with Crippen LogP contribution in [0.25, 0.3) is 0 Å². The van der Waals surface area contributed by atoms with E-state index >= 15 is 0 Å². The lowest BCUT2D eigenvalue weighted by Gasteiger charge is -2.15. The Morgan fingerprint density at radius 3 is 3.00 bits per heavy atom. The van der Waals surface area contributed by atoms with Crippen molar-refractivity contribution in [2.24, 2.45) is 0 Å². The third kappa shape index (κ3) is 2.70. The largest absolute Gasteiger partial charge is 0.350 e. The van der Waals surface area contributed by atoms with Gasteiger partial charge in [0, 0.05) is 36.7 Å². The molecule has 0 unspecified atom stereocenters. The molecular weight excluding hydrogens is 240 g/mol. The van der Waals surface area contributed by atoms with Gasteiger partial charge in [-0.05, 0) is 31.4 Å². The Morgan fingerprint density at radius 1 is 1.32 bits per heavy atom. The third-order valence-corrected chi connectivity index (χ3v) is 3.54. The molecule has 5 heteroatoms. The second-order valence-electron chi connectivity index (χ2n) is 4.93. The smallest absolute Gasteiger partial charge is 0.240 e. The first-order chi connectivity index (χ1) is 9.33. The number of hydrogen-bond donors (Lipinski definition) is 1. The minimum absolute atomic E-state index is 0.0342. The maximum absolute atomic E-state index is 11.8. The van der Waals surface area contributed by atoms with Gasteiger partial charge in [-0.15, -0.1) is 0 Å². The summed E-state index contributed by atoms with van der Waals surface area (Å²) in [4.78, 5) is 11.8. The van der Waals surface area contributed by atoms with E-state index in [4.69, 9.17) is 0 Å². The molecule has 0 radical (unpaired) electrons. The number of amides is 1. The number of aryl methyl sites for hydroxylation is 1. The maximum Gasteiger partial charge on any atom is 0.240 e. The first kappa shape index (κ1) is 12.0. The van der Waals surface area contributed by atoms with E-state index in [0.29, 0.717) is 13.1 Å². The Hall–Kier alpha value is -2.04. The van der Waals surface area contributed by atoms with Gasteiger partial charge in [0.25, 0.3) is 0 Å².